The molecule has 0 radical (unpaired) electrons. The fourth-order valence-corrected chi connectivity index (χ4v) is 2.77. The minimum absolute atomic E-state index is 0.482. The minimum Gasteiger partial charge on any atom is -0.382 e. The van der Waals surface area contributed by atoms with Crippen LogP contribution in [0.15, 0.2) is 18.2 Å². The fraction of sp³-hybridized carbons (Fsp3) is 0.533. The molecule has 2 rings (SSSR count). The minimum atomic E-state index is 0.482. The van der Waals surface area contributed by atoms with Gasteiger partial charge in [0.15, 0.2) is 0 Å². The fourth-order valence-electron chi connectivity index (χ4n) is 2.77. The Kier molecular flexibility index (Phi) is 4.22. The molecule has 1 saturated carbocycles. The first-order chi connectivity index (χ1) is 8.74. The number of nitrogens with two attached hydrogens (primary N) is 1. The van der Waals surface area contributed by atoms with E-state index in [9.17, 15) is 0 Å². The third kappa shape index (κ3) is 2.83. The SMILES string of the molecule is Cc1cc(NC2CCCCC2CN)ccc1C#N. The molecule has 18 heavy (non-hydrogen) atoms. The average Bonchev–Trinajstić information content (AvgIpc) is 2.39. The highest BCUT2D eigenvalue weighted by atomic mass is 14.9. The van der Waals surface area contributed by atoms with Crippen molar-refractivity contribution in [1.82, 2.24) is 0 Å². The van der Waals surface area contributed by atoms with Crippen LogP contribution in [0.25, 0.3) is 0 Å². The summed E-state index contributed by atoms with van der Waals surface area (Å²) in [6.45, 7) is 2.73. The number of nitrogens with one attached hydrogen (secondary N) is 1. The zero-order valence-electron chi connectivity index (χ0n) is 10.9. The van der Waals surface area contributed by atoms with E-state index in [4.69, 9.17) is 11.0 Å². The van der Waals surface area contributed by atoms with Crippen molar-refractivity contribution in [1.29, 1.82) is 5.26 Å². The summed E-state index contributed by atoms with van der Waals surface area (Å²) in [5, 5.41) is 12.5. The van der Waals surface area contributed by atoms with Gasteiger partial charge in [0.2, 0.25) is 0 Å². The Bertz CT molecular complexity index is 448. The van der Waals surface area contributed by atoms with Gasteiger partial charge in [0.1, 0.15) is 0 Å². The molecule has 0 aromatic heterocycles. The number of hydrogen-bond donors (Lipinski definition) is 2. The summed E-state index contributed by atoms with van der Waals surface area (Å²) in [5.41, 5.74) is 8.73. The van der Waals surface area contributed by atoms with Gasteiger partial charge in [-0.2, -0.15) is 5.26 Å². The highest BCUT2D eigenvalue weighted by Gasteiger charge is 2.23. The molecule has 0 spiro atoms. The number of nitrogens with zero attached hydrogens (tertiary/aromatic N) is 1. The Balaban J connectivity index is 2.08. The maximum Gasteiger partial charge on any atom is 0.0994 e. The van der Waals surface area contributed by atoms with E-state index in [0.29, 0.717) is 12.0 Å². The zero-order valence-corrected chi connectivity index (χ0v) is 10.9. The van der Waals surface area contributed by atoms with Crippen LogP contribution in [0.2, 0.25) is 0 Å². The summed E-state index contributed by atoms with van der Waals surface area (Å²) in [6, 6.07) is 8.62. The molecule has 1 fully saturated rings. The number of hydrogen-bond acceptors (Lipinski definition) is 3. The smallest absolute Gasteiger partial charge is 0.0994 e. The van der Waals surface area contributed by atoms with E-state index in [1.54, 1.807) is 0 Å². The van der Waals surface area contributed by atoms with E-state index in [1.165, 1.54) is 25.7 Å². The maximum absolute atomic E-state index is 8.92. The molecule has 1 aromatic carbocycles. The van der Waals surface area contributed by atoms with Gasteiger partial charge in [0, 0.05) is 11.7 Å². The van der Waals surface area contributed by atoms with Crippen LogP contribution in [0.1, 0.15) is 36.8 Å². The third-order valence-electron chi connectivity index (χ3n) is 3.91. The van der Waals surface area contributed by atoms with Crippen LogP contribution >= 0.6 is 0 Å². The first-order valence-corrected chi connectivity index (χ1v) is 6.72. The Labute approximate surface area is 109 Å². The summed E-state index contributed by atoms with van der Waals surface area (Å²) in [5.74, 6) is 0.578. The van der Waals surface area contributed by atoms with E-state index < -0.39 is 0 Å². The third-order valence-corrected chi connectivity index (χ3v) is 3.91. The van der Waals surface area contributed by atoms with Crippen LogP contribution in [-0.4, -0.2) is 12.6 Å². The zero-order chi connectivity index (χ0) is 13.0. The van der Waals surface area contributed by atoms with Crippen molar-refractivity contribution in [2.24, 2.45) is 11.7 Å². The van der Waals surface area contributed by atoms with Crippen molar-refractivity contribution in [2.45, 2.75) is 38.6 Å². The van der Waals surface area contributed by atoms with Crippen LogP contribution in [0.4, 0.5) is 5.69 Å². The lowest BCUT2D eigenvalue weighted by molar-refractivity contribution is 0.332. The number of anilines is 1. The molecule has 3 heteroatoms. The van der Waals surface area contributed by atoms with E-state index >= 15 is 0 Å². The number of nitriles is 1. The number of aryl methyl sites for hydroxylation is 1. The first-order valence-electron chi connectivity index (χ1n) is 6.72. The molecular weight excluding hydrogens is 222 g/mol. The molecule has 0 bridgehead atoms. The standard InChI is InChI=1S/C15H21N3/c1-11-8-14(7-6-12(11)9-16)18-15-5-3-2-4-13(15)10-17/h6-8,13,15,18H,2-5,10,17H2,1H3. The van der Waals surface area contributed by atoms with E-state index in [2.05, 4.69) is 17.5 Å². The molecule has 0 amide bonds. The van der Waals surface area contributed by atoms with Gasteiger partial charge in [-0.3, -0.25) is 0 Å². The Morgan fingerprint density at radius 1 is 1.39 bits per heavy atom. The summed E-state index contributed by atoms with van der Waals surface area (Å²) in [6.07, 6.45) is 5.00. The normalized spacial score (nSPS) is 23.4. The lowest BCUT2D eigenvalue weighted by Crippen LogP contribution is -2.36. The molecular formula is C15H21N3. The molecule has 0 saturated heterocycles. The van der Waals surface area contributed by atoms with Gasteiger partial charge in [-0.1, -0.05) is 12.8 Å². The second-order valence-corrected chi connectivity index (χ2v) is 5.17. The van der Waals surface area contributed by atoms with E-state index in [0.717, 1.165) is 23.4 Å². The van der Waals surface area contributed by atoms with Gasteiger partial charge in [-0.25, -0.2) is 0 Å². The summed E-state index contributed by atoms with van der Waals surface area (Å²) in [4.78, 5) is 0. The Hall–Kier alpha value is -1.53. The molecule has 1 aliphatic carbocycles. The van der Waals surface area contributed by atoms with Crippen LogP contribution in [-0.2, 0) is 0 Å². The van der Waals surface area contributed by atoms with Crippen molar-refractivity contribution in [3.63, 3.8) is 0 Å². The number of benzene rings is 1. The quantitative estimate of drug-likeness (QED) is 0.858. The lowest BCUT2D eigenvalue weighted by atomic mass is 9.84. The van der Waals surface area contributed by atoms with Crippen molar-refractivity contribution in [3.8, 4) is 6.07 Å². The second kappa shape index (κ2) is 5.88. The molecule has 96 valence electrons. The van der Waals surface area contributed by atoms with Crippen LogP contribution in [0, 0.1) is 24.2 Å². The molecule has 2 unspecified atom stereocenters. The van der Waals surface area contributed by atoms with Gasteiger partial charge >= 0.3 is 0 Å². The van der Waals surface area contributed by atoms with E-state index in [1.807, 2.05) is 19.1 Å². The Morgan fingerprint density at radius 3 is 2.83 bits per heavy atom. The van der Waals surface area contributed by atoms with Crippen molar-refractivity contribution >= 4 is 5.69 Å². The van der Waals surface area contributed by atoms with Gasteiger partial charge in [-0.15, -0.1) is 0 Å². The average molecular weight is 243 g/mol. The van der Waals surface area contributed by atoms with Gasteiger partial charge < -0.3 is 11.1 Å². The van der Waals surface area contributed by atoms with Crippen LogP contribution < -0.4 is 11.1 Å². The molecule has 3 nitrogen and oxygen atoms in total. The molecule has 2 atom stereocenters. The van der Waals surface area contributed by atoms with Crippen LogP contribution in [0.5, 0.6) is 0 Å². The predicted molar refractivity (Wildman–Crippen MR) is 74.3 cm³/mol. The monoisotopic (exact) mass is 243 g/mol. The topological polar surface area (TPSA) is 61.8 Å². The van der Waals surface area contributed by atoms with Gasteiger partial charge in [-0.05, 0) is 56.0 Å². The first kappa shape index (κ1) is 12.9. The predicted octanol–water partition coefficient (Wildman–Crippen LogP) is 2.80. The molecule has 1 aliphatic rings. The Morgan fingerprint density at radius 2 is 2.17 bits per heavy atom. The maximum atomic E-state index is 8.92. The van der Waals surface area contributed by atoms with Crippen molar-refractivity contribution < 1.29 is 0 Å². The molecule has 0 aliphatic heterocycles. The highest BCUT2D eigenvalue weighted by molar-refractivity contribution is 5.52. The molecule has 3 N–H and O–H groups in total. The molecule has 1 aromatic rings. The van der Waals surface area contributed by atoms with Crippen molar-refractivity contribution in [2.75, 3.05) is 11.9 Å². The summed E-state index contributed by atoms with van der Waals surface area (Å²) >= 11 is 0. The van der Waals surface area contributed by atoms with Gasteiger partial charge in [0.05, 0.1) is 11.6 Å². The largest absolute Gasteiger partial charge is 0.382 e. The molecule has 0 heterocycles. The second-order valence-electron chi connectivity index (χ2n) is 5.17. The summed E-state index contributed by atoms with van der Waals surface area (Å²) < 4.78 is 0. The van der Waals surface area contributed by atoms with E-state index in [-0.39, 0.29) is 0 Å². The van der Waals surface area contributed by atoms with Gasteiger partial charge in [0.25, 0.3) is 0 Å². The lowest BCUT2D eigenvalue weighted by Gasteiger charge is -2.32. The van der Waals surface area contributed by atoms with Crippen molar-refractivity contribution in [3.05, 3.63) is 29.3 Å². The number of rotatable bonds is 3. The van der Waals surface area contributed by atoms with Crippen LogP contribution in [0.3, 0.4) is 0 Å². The summed E-state index contributed by atoms with van der Waals surface area (Å²) in [7, 11) is 0. The highest BCUT2D eigenvalue weighted by Crippen LogP contribution is 2.27.